The summed E-state index contributed by atoms with van der Waals surface area (Å²) in [5, 5.41) is 4.12. The number of hydrogen-bond acceptors (Lipinski definition) is 2. The molecule has 0 N–H and O–H groups in total. The van der Waals surface area contributed by atoms with E-state index in [2.05, 4.69) is 37.0 Å². The molecule has 3 nitrogen and oxygen atoms in total. The van der Waals surface area contributed by atoms with Crippen LogP contribution in [0.25, 0.3) is 0 Å². The molecule has 0 aliphatic heterocycles. The predicted octanol–water partition coefficient (Wildman–Crippen LogP) is 3.85. The molecule has 0 fully saturated rings. The lowest BCUT2D eigenvalue weighted by Gasteiger charge is -2.10. The fourth-order valence-corrected chi connectivity index (χ4v) is 2.07. The fourth-order valence-electron chi connectivity index (χ4n) is 1.50. The number of halogens is 2. The highest BCUT2D eigenvalue weighted by molar-refractivity contribution is 9.10. The number of carbonyl (C=O) groups is 1. The maximum atomic E-state index is 12.2. The zero-order chi connectivity index (χ0) is 12.4. The van der Waals surface area contributed by atoms with Crippen LogP contribution >= 0.6 is 31.9 Å². The minimum absolute atomic E-state index is 0.0492. The molecule has 0 aliphatic carbocycles. The number of carbonyl (C=O) groups excluding carboxylic acids is 1. The molecule has 1 aromatic carbocycles. The summed E-state index contributed by atoms with van der Waals surface area (Å²) in [6.07, 6.45) is 3.47. The average molecular weight is 358 g/mol. The molecule has 17 heavy (non-hydrogen) atoms. The van der Waals surface area contributed by atoms with Gasteiger partial charge in [0.2, 0.25) is 0 Å². The monoisotopic (exact) mass is 356 g/mol. The normalized spacial score (nSPS) is 12.4. The molecule has 0 amide bonds. The molecule has 0 saturated heterocycles. The first kappa shape index (κ1) is 12.5. The molecule has 0 aliphatic rings. The van der Waals surface area contributed by atoms with E-state index in [0.717, 1.165) is 8.95 Å². The van der Waals surface area contributed by atoms with E-state index in [-0.39, 0.29) is 11.8 Å². The van der Waals surface area contributed by atoms with Gasteiger partial charge in [0.15, 0.2) is 5.78 Å². The SMILES string of the molecule is CC(C(=O)c1ccc(Br)cc1)n1cc(Br)cn1. The molecule has 2 rings (SSSR count). The van der Waals surface area contributed by atoms with Crippen LogP contribution in [0.4, 0.5) is 0 Å². The van der Waals surface area contributed by atoms with Crippen molar-refractivity contribution in [1.29, 1.82) is 0 Å². The third-order valence-electron chi connectivity index (χ3n) is 2.47. The van der Waals surface area contributed by atoms with Crippen LogP contribution < -0.4 is 0 Å². The van der Waals surface area contributed by atoms with Crippen LogP contribution in [0.2, 0.25) is 0 Å². The zero-order valence-electron chi connectivity index (χ0n) is 9.10. The summed E-state index contributed by atoms with van der Waals surface area (Å²) < 4.78 is 3.48. The van der Waals surface area contributed by atoms with Crippen LogP contribution in [0.15, 0.2) is 45.6 Å². The number of hydrogen-bond donors (Lipinski definition) is 0. The molecule has 2 aromatic rings. The second kappa shape index (κ2) is 5.14. The van der Waals surface area contributed by atoms with Gasteiger partial charge in [0, 0.05) is 16.2 Å². The number of benzene rings is 1. The van der Waals surface area contributed by atoms with Gasteiger partial charge in [0.25, 0.3) is 0 Å². The molecule has 0 saturated carbocycles. The van der Waals surface area contributed by atoms with E-state index < -0.39 is 0 Å². The highest BCUT2D eigenvalue weighted by atomic mass is 79.9. The number of nitrogens with zero attached hydrogens (tertiary/aromatic N) is 2. The molecule has 0 bridgehead atoms. The molecule has 5 heteroatoms. The molecule has 1 aromatic heterocycles. The van der Waals surface area contributed by atoms with Crippen molar-refractivity contribution in [3.8, 4) is 0 Å². The Hall–Kier alpha value is -0.940. The first-order valence-corrected chi connectivity index (χ1v) is 6.66. The standard InChI is InChI=1S/C12H10Br2N2O/c1-8(16-7-11(14)6-15-16)12(17)9-2-4-10(13)5-3-9/h2-8H,1H3. The highest BCUT2D eigenvalue weighted by Crippen LogP contribution is 2.18. The van der Waals surface area contributed by atoms with E-state index in [0.29, 0.717) is 5.56 Å². The minimum atomic E-state index is -0.303. The van der Waals surface area contributed by atoms with E-state index in [4.69, 9.17) is 0 Å². The Bertz CT molecular complexity index is 534. The van der Waals surface area contributed by atoms with Gasteiger partial charge >= 0.3 is 0 Å². The van der Waals surface area contributed by atoms with E-state index in [1.807, 2.05) is 31.2 Å². The van der Waals surface area contributed by atoms with Crippen molar-refractivity contribution >= 4 is 37.6 Å². The fraction of sp³-hybridized carbons (Fsp3) is 0.167. The van der Waals surface area contributed by atoms with E-state index in [9.17, 15) is 4.79 Å². The van der Waals surface area contributed by atoms with Gasteiger partial charge < -0.3 is 0 Å². The molecule has 1 atom stereocenters. The maximum Gasteiger partial charge on any atom is 0.187 e. The molecule has 1 unspecified atom stereocenters. The summed E-state index contributed by atoms with van der Waals surface area (Å²) in [5.74, 6) is 0.0492. The highest BCUT2D eigenvalue weighted by Gasteiger charge is 2.17. The lowest BCUT2D eigenvalue weighted by molar-refractivity contribution is 0.0928. The number of aromatic nitrogens is 2. The van der Waals surface area contributed by atoms with Crippen molar-refractivity contribution in [3.05, 3.63) is 51.2 Å². The number of rotatable bonds is 3. The van der Waals surface area contributed by atoms with Gasteiger partial charge in [-0.25, -0.2) is 0 Å². The summed E-state index contributed by atoms with van der Waals surface area (Å²) in [5.41, 5.74) is 0.687. The quantitative estimate of drug-likeness (QED) is 0.782. The summed E-state index contributed by atoms with van der Waals surface area (Å²) in [4.78, 5) is 12.2. The Kier molecular flexibility index (Phi) is 3.79. The second-order valence-electron chi connectivity index (χ2n) is 3.69. The van der Waals surface area contributed by atoms with Gasteiger partial charge in [-0.1, -0.05) is 28.1 Å². The zero-order valence-corrected chi connectivity index (χ0v) is 12.3. The molecule has 88 valence electrons. The predicted molar refractivity (Wildman–Crippen MR) is 73.1 cm³/mol. The first-order chi connectivity index (χ1) is 8.08. The largest absolute Gasteiger partial charge is 0.292 e. The second-order valence-corrected chi connectivity index (χ2v) is 5.52. The van der Waals surface area contributed by atoms with Crippen LogP contribution in [0.1, 0.15) is 23.3 Å². The van der Waals surface area contributed by atoms with Crippen molar-refractivity contribution in [1.82, 2.24) is 9.78 Å². The van der Waals surface area contributed by atoms with Gasteiger partial charge in [-0.2, -0.15) is 5.10 Å². The number of ketones is 1. The molecule has 0 radical (unpaired) electrons. The summed E-state index contributed by atoms with van der Waals surface area (Å²) in [7, 11) is 0. The van der Waals surface area contributed by atoms with Crippen molar-refractivity contribution in [2.45, 2.75) is 13.0 Å². The Morgan fingerprint density at radius 1 is 1.24 bits per heavy atom. The van der Waals surface area contributed by atoms with Crippen molar-refractivity contribution in [2.75, 3.05) is 0 Å². The third-order valence-corrected chi connectivity index (χ3v) is 3.41. The Balaban J connectivity index is 2.23. The van der Waals surface area contributed by atoms with E-state index in [1.165, 1.54) is 0 Å². The van der Waals surface area contributed by atoms with Crippen molar-refractivity contribution in [3.63, 3.8) is 0 Å². The van der Waals surface area contributed by atoms with Crippen molar-refractivity contribution < 1.29 is 4.79 Å². The Morgan fingerprint density at radius 2 is 1.88 bits per heavy atom. The van der Waals surface area contributed by atoms with Gasteiger partial charge in [-0.15, -0.1) is 0 Å². The number of Topliss-reactive ketones (excluding diaryl/α,β-unsaturated/α-hetero) is 1. The van der Waals surface area contributed by atoms with Gasteiger partial charge in [-0.3, -0.25) is 9.48 Å². The van der Waals surface area contributed by atoms with Gasteiger partial charge in [-0.05, 0) is 35.0 Å². The van der Waals surface area contributed by atoms with Gasteiger partial charge in [0.1, 0.15) is 6.04 Å². The molecule has 1 heterocycles. The van der Waals surface area contributed by atoms with Crippen LogP contribution in [0.3, 0.4) is 0 Å². The van der Waals surface area contributed by atoms with Crippen LogP contribution in [0.5, 0.6) is 0 Å². The minimum Gasteiger partial charge on any atom is -0.292 e. The topological polar surface area (TPSA) is 34.9 Å². The molecule has 0 spiro atoms. The maximum absolute atomic E-state index is 12.2. The summed E-state index contributed by atoms with van der Waals surface area (Å²) in [6, 6.07) is 7.03. The molecular weight excluding hydrogens is 348 g/mol. The average Bonchev–Trinajstić information content (AvgIpc) is 2.75. The lowest BCUT2D eigenvalue weighted by atomic mass is 10.1. The van der Waals surface area contributed by atoms with E-state index >= 15 is 0 Å². The Labute approximate surface area is 116 Å². The summed E-state index contributed by atoms with van der Waals surface area (Å²) in [6.45, 7) is 1.84. The van der Waals surface area contributed by atoms with E-state index in [1.54, 1.807) is 17.1 Å². The first-order valence-electron chi connectivity index (χ1n) is 5.07. The smallest absolute Gasteiger partial charge is 0.187 e. The van der Waals surface area contributed by atoms with Gasteiger partial charge in [0.05, 0.1) is 10.7 Å². The Morgan fingerprint density at radius 3 is 2.41 bits per heavy atom. The lowest BCUT2D eigenvalue weighted by Crippen LogP contribution is -2.17. The molecular formula is C12H10Br2N2O. The third kappa shape index (κ3) is 2.84. The van der Waals surface area contributed by atoms with Crippen LogP contribution in [-0.4, -0.2) is 15.6 Å². The summed E-state index contributed by atoms with van der Waals surface area (Å²) >= 11 is 6.66. The van der Waals surface area contributed by atoms with Crippen molar-refractivity contribution in [2.24, 2.45) is 0 Å². The van der Waals surface area contributed by atoms with Crippen LogP contribution in [0, 0.1) is 0 Å². The van der Waals surface area contributed by atoms with Crippen LogP contribution in [-0.2, 0) is 0 Å².